The standard InChI is InChI=1S/C22H29N5O2/c1-3-14-9-16(29-22(28)26-15-5-4-6-15)10-17(14)20-13(2)11-24-19-12-25-21-18(27(19)20)7-8-23-21/h7-8,12,14-17,24H,3-6,9-11H2,1-2H3,(H,26,28). The number of carbonyl (C=O) groups is 1. The lowest BCUT2D eigenvalue weighted by molar-refractivity contribution is 0.0912. The van der Waals surface area contributed by atoms with Gasteiger partial charge in [0.15, 0.2) is 5.82 Å². The summed E-state index contributed by atoms with van der Waals surface area (Å²) < 4.78 is 8.13. The molecule has 2 saturated carbocycles. The zero-order valence-corrected chi connectivity index (χ0v) is 17.1. The lowest BCUT2D eigenvalue weighted by Gasteiger charge is -2.33. The van der Waals surface area contributed by atoms with Crippen molar-refractivity contribution in [2.24, 2.45) is 11.8 Å². The van der Waals surface area contributed by atoms with Crippen molar-refractivity contribution in [3.8, 4) is 11.5 Å². The Morgan fingerprint density at radius 1 is 1.34 bits per heavy atom. The van der Waals surface area contributed by atoms with Crippen LogP contribution < -0.4 is 10.6 Å². The maximum atomic E-state index is 12.3. The Bertz CT molecular complexity index is 916. The molecule has 0 bridgehead atoms. The SMILES string of the molecule is CCC1CC(OC(=O)NC2CCC2)CC1C1=C(C)CNc2cnc3nccc-3n21. The number of rotatable bonds is 4. The van der Waals surface area contributed by atoms with Gasteiger partial charge in [0.2, 0.25) is 0 Å². The number of hydrogen-bond acceptors (Lipinski definition) is 5. The largest absolute Gasteiger partial charge is 0.446 e. The molecule has 3 heterocycles. The van der Waals surface area contributed by atoms with Crippen molar-refractivity contribution in [2.75, 3.05) is 11.9 Å². The van der Waals surface area contributed by atoms with E-state index in [4.69, 9.17) is 4.74 Å². The summed E-state index contributed by atoms with van der Waals surface area (Å²) in [6.07, 6.45) is 9.63. The fourth-order valence-electron chi connectivity index (χ4n) is 5.13. The fraction of sp³-hybridized carbons (Fsp3) is 0.591. The molecule has 0 aromatic rings. The van der Waals surface area contributed by atoms with E-state index >= 15 is 0 Å². The molecule has 154 valence electrons. The maximum absolute atomic E-state index is 12.3. The maximum Gasteiger partial charge on any atom is 0.407 e. The van der Waals surface area contributed by atoms with Gasteiger partial charge in [-0.25, -0.2) is 14.8 Å². The van der Waals surface area contributed by atoms with Crippen molar-refractivity contribution in [3.63, 3.8) is 0 Å². The first-order valence-corrected chi connectivity index (χ1v) is 10.9. The van der Waals surface area contributed by atoms with Gasteiger partial charge >= 0.3 is 6.09 Å². The van der Waals surface area contributed by atoms with Crippen LogP contribution in [-0.4, -0.2) is 39.3 Å². The molecular weight excluding hydrogens is 366 g/mol. The third-order valence-corrected chi connectivity index (χ3v) is 6.89. The number of ether oxygens (including phenoxy) is 1. The Hall–Kier alpha value is -2.57. The lowest BCUT2D eigenvalue weighted by atomic mass is 9.87. The number of allylic oxidation sites excluding steroid dienone is 1. The number of alkyl carbamates (subject to hydrolysis) is 1. The van der Waals surface area contributed by atoms with Gasteiger partial charge in [0.05, 0.1) is 11.9 Å². The van der Waals surface area contributed by atoms with Crippen LogP contribution in [0.25, 0.3) is 17.2 Å². The molecule has 2 aliphatic carbocycles. The van der Waals surface area contributed by atoms with Gasteiger partial charge in [-0.15, -0.1) is 0 Å². The van der Waals surface area contributed by atoms with Crippen LogP contribution in [0.3, 0.4) is 0 Å². The number of anilines is 1. The van der Waals surface area contributed by atoms with E-state index in [-0.39, 0.29) is 12.2 Å². The molecule has 2 N–H and O–H groups in total. The zero-order valence-electron chi connectivity index (χ0n) is 17.1. The quantitative estimate of drug-likeness (QED) is 0.814. The summed E-state index contributed by atoms with van der Waals surface area (Å²) in [6, 6.07) is 2.34. The number of carbonyl (C=O) groups excluding carboxylic acids is 1. The van der Waals surface area contributed by atoms with E-state index in [0.29, 0.717) is 17.9 Å². The fourth-order valence-corrected chi connectivity index (χ4v) is 5.13. The van der Waals surface area contributed by atoms with Crippen LogP contribution >= 0.6 is 0 Å². The molecule has 7 nitrogen and oxygen atoms in total. The molecule has 7 heteroatoms. The number of amides is 1. The minimum atomic E-state index is -0.244. The second kappa shape index (κ2) is 7.35. The molecule has 5 aliphatic rings. The summed E-state index contributed by atoms with van der Waals surface area (Å²) in [5, 5.41) is 6.49. The molecule has 5 rings (SSSR count). The smallest absolute Gasteiger partial charge is 0.407 e. The number of nitrogens with one attached hydrogen (secondary N) is 2. The van der Waals surface area contributed by atoms with E-state index in [1.165, 1.54) is 17.7 Å². The van der Waals surface area contributed by atoms with E-state index in [2.05, 4.69) is 39.0 Å². The predicted octanol–water partition coefficient (Wildman–Crippen LogP) is 4.12. The van der Waals surface area contributed by atoms with Gasteiger partial charge in [-0.1, -0.05) is 13.3 Å². The van der Waals surface area contributed by atoms with Crippen molar-refractivity contribution in [2.45, 2.75) is 64.5 Å². The average Bonchev–Trinajstić information content (AvgIpc) is 3.31. The molecule has 0 saturated heterocycles. The summed E-state index contributed by atoms with van der Waals surface area (Å²) in [5.74, 6) is 2.62. The van der Waals surface area contributed by atoms with Gasteiger partial charge in [-0.05, 0) is 56.6 Å². The molecule has 2 fully saturated rings. The molecule has 3 atom stereocenters. The highest BCUT2D eigenvalue weighted by Gasteiger charge is 2.40. The van der Waals surface area contributed by atoms with Crippen molar-refractivity contribution >= 4 is 17.6 Å². The molecule has 3 aliphatic heterocycles. The molecule has 0 radical (unpaired) electrons. The first-order chi connectivity index (χ1) is 14.1. The Kier molecular flexibility index (Phi) is 4.68. The molecule has 1 amide bonds. The zero-order chi connectivity index (χ0) is 20.0. The minimum absolute atomic E-state index is 0.0284. The summed E-state index contributed by atoms with van der Waals surface area (Å²) in [5.41, 5.74) is 3.70. The highest BCUT2D eigenvalue weighted by molar-refractivity contribution is 5.72. The minimum Gasteiger partial charge on any atom is -0.446 e. The van der Waals surface area contributed by atoms with Crippen LogP contribution in [0.1, 0.15) is 52.4 Å². The predicted molar refractivity (Wildman–Crippen MR) is 112 cm³/mol. The second-order valence-corrected chi connectivity index (χ2v) is 8.70. The molecule has 0 aromatic heterocycles. The Morgan fingerprint density at radius 3 is 2.97 bits per heavy atom. The van der Waals surface area contributed by atoms with Crippen molar-refractivity contribution in [1.29, 1.82) is 0 Å². The van der Waals surface area contributed by atoms with E-state index in [1.54, 1.807) is 0 Å². The van der Waals surface area contributed by atoms with Gasteiger partial charge in [-0.2, -0.15) is 0 Å². The summed E-state index contributed by atoms with van der Waals surface area (Å²) in [6.45, 7) is 5.26. The number of hydrogen-bond donors (Lipinski definition) is 2. The highest BCUT2D eigenvalue weighted by atomic mass is 16.6. The number of nitrogens with zero attached hydrogens (tertiary/aromatic N) is 3. The van der Waals surface area contributed by atoms with Gasteiger partial charge in [0.25, 0.3) is 0 Å². The summed E-state index contributed by atoms with van der Waals surface area (Å²) >= 11 is 0. The van der Waals surface area contributed by atoms with E-state index in [9.17, 15) is 4.79 Å². The van der Waals surface area contributed by atoms with E-state index in [1.807, 2.05) is 18.5 Å². The Balaban J connectivity index is 1.41. The van der Waals surface area contributed by atoms with Gasteiger partial charge < -0.3 is 15.4 Å². The van der Waals surface area contributed by atoms with Gasteiger partial charge in [-0.3, -0.25) is 4.57 Å². The van der Waals surface area contributed by atoms with Gasteiger partial charge in [0, 0.05) is 30.4 Å². The van der Waals surface area contributed by atoms with Gasteiger partial charge in [0.1, 0.15) is 11.9 Å². The highest BCUT2D eigenvalue weighted by Crippen LogP contribution is 2.46. The van der Waals surface area contributed by atoms with Crippen LogP contribution in [0.2, 0.25) is 0 Å². The second-order valence-electron chi connectivity index (χ2n) is 8.70. The first kappa shape index (κ1) is 18.5. The Labute approximate surface area is 171 Å². The third kappa shape index (κ3) is 3.26. The van der Waals surface area contributed by atoms with Crippen LogP contribution in [-0.2, 0) is 4.74 Å². The molecule has 0 spiro atoms. The molecule has 29 heavy (non-hydrogen) atoms. The van der Waals surface area contributed by atoms with E-state index in [0.717, 1.165) is 56.0 Å². The van der Waals surface area contributed by atoms with Crippen LogP contribution in [0.4, 0.5) is 10.6 Å². The van der Waals surface area contributed by atoms with Crippen molar-refractivity contribution in [3.05, 3.63) is 24.0 Å². The third-order valence-electron chi connectivity index (χ3n) is 6.89. The summed E-state index contributed by atoms with van der Waals surface area (Å²) in [4.78, 5) is 21.2. The topological polar surface area (TPSA) is 81.1 Å². The normalized spacial score (nSPS) is 26.8. The average molecular weight is 396 g/mol. The monoisotopic (exact) mass is 395 g/mol. The molecule has 0 aromatic carbocycles. The number of fused-ring (bicyclic) bond motifs is 3. The van der Waals surface area contributed by atoms with Crippen LogP contribution in [0.5, 0.6) is 0 Å². The molecule has 3 unspecified atom stereocenters. The van der Waals surface area contributed by atoms with Crippen LogP contribution in [0.15, 0.2) is 24.0 Å². The summed E-state index contributed by atoms with van der Waals surface area (Å²) in [7, 11) is 0. The number of aromatic nitrogens is 3. The lowest BCUT2D eigenvalue weighted by Crippen LogP contribution is -2.40. The van der Waals surface area contributed by atoms with Crippen molar-refractivity contribution in [1.82, 2.24) is 19.9 Å². The van der Waals surface area contributed by atoms with Crippen LogP contribution in [0, 0.1) is 11.8 Å². The van der Waals surface area contributed by atoms with E-state index < -0.39 is 0 Å². The Morgan fingerprint density at radius 2 is 2.21 bits per heavy atom. The molecular formula is C22H29N5O2. The van der Waals surface area contributed by atoms with Crippen molar-refractivity contribution < 1.29 is 9.53 Å². The first-order valence-electron chi connectivity index (χ1n) is 10.9.